The van der Waals surface area contributed by atoms with E-state index in [0.717, 1.165) is 11.8 Å². The Morgan fingerprint density at radius 2 is 1.03 bits per heavy atom. The van der Waals surface area contributed by atoms with Gasteiger partial charge in [-0.3, -0.25) is 0 Å². The summed E-state index contributed by atoms with van der Waals surface area (Å²) in [4.78, 5) is 5.01. The number of piperidine rings is 2. The third-order valence-electron chi connectivity index (χ3n) is 8.81. The molecule has 0 radical (unpaired) electrons. The molecule has 2 heterocycles. The van der Waals surface area contributed by atoms with Crippen molar-refractivity contribution in [3.8, 4) is 11.1 Å². The van der Waals surface area contributed by atoms with E-state index in [9.17, 15) is 0 Å². The van der Waals surface area contributed by atoms with Crippen molar-refractivity contribution in [3.63, 3.8) is 0 Å². The normalized spacial score (nSPS) is 22.4. The van der Waals surface area contributed by atoms with Gasteiger partial charge in [0.05, 0.1) is 0 Å². The summed E-state index contributed by atoms with van der Waals surface area (Å²) in [5.74, 6) is 1.80. The van der Waals surface area contributed by atoms with Crippen LogP contribution in [0.5, 0.6) is 0 Å². The molecule has 1 aliphatic carbocycles. The van der Waals surface area contributed by atoms with Crippen molar-refractivity contribution < 1.29 is 0 Å². The van der Waals surface area contributed by atoms with Crippen LogP contribution in [-0.2, 0) is 5.41 Å². The van der Waals surface area contributed by atoms with E-state index in [1.807, 2.05) is 0 Å². The minimum absolute atomic E-state index is 0.222. The molecule has 0 unspecified atom stereocenters. The van der Waals surface area contributed by atoms with Gasteiger partial charge in [0, 0.05) is 5.41 Å². The van der Waals surface area contributed by atoms with Gasteiger partial charge in [0.2, 0.25) is 0 Å². The molecule has 0 saturated carbocycles. The van der Waals surface area contributed by atoms with E-state index in [4.69, 9.17) is 0 Å². The first-order valence-corrected chi connectivity index (χ1v) is 12.7. The summed E-state index contributed by atoms with van der Waals surface area (Å²) in [6.07, 6.45) is 10.9. The maximum Gasteiger partial charge on any atom is 0.0215 e. The fourth-order valence-electron chi connectivity index (χ4n) is 6.68. The van der Waals surface area contributed by atoms with Crippen LogP contribution in [0.1, 0.15) is 62.5 Å². The van der Waals surface area contributed by atoms with Crippen LogP contribution in [0.25, 0.3) is 11.1 Å². The van der Waals surface area contributed by atoms with Crippen LogP contribution in [0, 0.1) is 11.8 Å². The summed E-state index contributed by atoms with van der Waals surface area (Å²) in [6.45, 7) is 5.11. The Bertz CT molecular complexity index is 798. The molecular weight excluding hydrogens is 376 g/mol. The van der Waals surface area contributed by atoms with Crippen molar-refractivity contribution >= 4 is 0 Å². The summed E-state index contributed by atoms with van der Waals surface area (Å²) >= 11 is 0. The Kier molecular flexibility index (Phi) is 6.21. The molecule has 0 atom stereocenters. The van der Waals surface area contributed by atoms with Crippen LogP contribution in [0.3, 0.4) is 0 Å². The van der Waals surface area contributed by atoms with Gasteiger partial charge in [-0.2, -0.15) is 0 Å². The minimum atomic E-state index is 0.222. The Morgan fingerprint density at radius 3 is 1.45 bits per heavy atom. The maximum atomic E-state index is 2.51. The molecule has 2 heteroatoms. The van der Waals surface area contributed by atoms with Gasteiger partial charge in [-0.05, 0) is 126 Å². The van der Waals surface area contributed by atoms with E-state index in [1.54, 1.807) is 11.1 Å². The van der Waals surface area contributed by atoms with Gasteiger partial charge in [-0.1, -0.05) is 48.5 Å². The molecule has 0 bridgehead atoms. The van der Waals surface area contributed by atoms with E-state index in [1.165, 1.54) is 88.7 Å². The standard InChI is InChI=1S/C29H40N2/c1-30-19-13-23(14-20-30)11-17-29(18-12-24-15-21-31(2)22-16-24)27-9-5-3-7-25(27)26-8-4-6-10-28(26)29/h3-10,23-24H,11-22H2,1-2H3. The zero-order valence-electron chi connectivity index (χ0n) is 19.7. The lowest BCUT2D eigenvalue weighted by atomic mass is 9.68. The number of rotatable bonds is 6. The largest absolute Gasteiger partial charge is 0.306 e. The second kappa shape index (κ2) is 9.08. The molecule has 0 amide bonds. The van der Waals surface area contributed by atoms with Crippen LogP contribution in [0.15, 0.2) is 48.5 Å². The summed E-state index contributed by atoms with van der Waals surface area (Å²) < 4.78 is 0. The average molecular weight is 417 g/mol. The Balaban J connectivity index is 1.43. The summed E-state index contributed by atoms with van der Waals surface area (Å²) in [5, 5.41) is 0. The van der Waals surface area contributed by atoms with E-state index in [2.05, 4.69) is 72.4 Å². The fourth-order valence-corrected chi connectivity index (χ4v) is 6.68. The van der Waals surface area contributed by atoms with Crippen molar-refractivity contribution in [1.29, 1.82) is 0 Å². The lowest BCUT2D eigenvalue weighted by molar-refractivity contribution is 0.190. The van der Waals surface area contributed by atoms with Crippen molar-refractivity contribution in [2.24, 2.45) is 11.8 Å². The first-order chi connectivity index (χ1) is 15.2. The quantitative estimate of drug-likeness (QED) is 0.553. The molecule has 2 saturated heterocycles. The van der Waals surface area contributed by atoms with Gasteiger partial charge in [-0.15, -0.1) is 0 Å². The summed E-state index contributed by atoms with van der Waals surface area (Å²) in [6, 6.07) is 18.7. The number of fused-ring (bicyclic) bond motifs is 3. The highest BCUT2D eigenvalue weighted by molar-refractivity contribution is 5.80. The van der Waals surface area contributed by atoms with Crippen LogP contribution in [0.4, 0.5) is 0 Å². The lowest BCUT2D eigenvalue weighted by Crippen LogP contribution is -2.33. The first-order valence-electron chi connectivity index (χ1n) is 12.7. The SMILES string of the molecule is CN1CCC(CCC2(CCC3CCN(C)CC3)c3ccccc3-c3ccccc32)CC1. The third kappa shape index (κ3) is 4.22. The Labute approximate surface area is 189 Å². The monoisotopic (exact) mass is 416 g/mol. The number of benzene rings is 2. The molecule has 0 aromatic heterocycles. The molecule has 0 spiro atoms. The van der Waals surface area contributed by atoms with Gasteiger partial charge >= 0.3 is 0 Å². The van der Waals surface area contributed by atoms with E-state index in [-0.39, 0.29) is 5.41 Å². The number of likely N-dealkylation sites (tertiary alicyclic amines) is 2. The molecular formula is C29H40N2. The Morgan fingerprint density at radius 1 is 0.645 bits per heavy atom. The first kappa shape index (κ1) is 21.2. The topological polar surface area (TPSA) is 6.48 Å². The highest BCUT2D eigenvalue weighted by atomic mass is 15.1. The second-order valence-corrected chi connectivity index (χ2v) is 10.7. The molecule has 2 aromatic carbocycles. The fraction of sp³-hybridized carbons (Fsp3) is 0.586. The lowest BCUT2D eigenvalue weighted by Gasteiger charge is -2.37. The van der Waals surface area contributed by atoms with Gasteiger partial charge in [-0.25, -0.2) is 0 Å². The average Bonchev–Trinajstić information content (AvgIpc) is 3.09. The molecule has 2 fully saturated rings. The second-order valence-electron chi connectivity index (χ2n) is 10.7. The highest BCUT2D eigenvalue weighted by Gasteiger charge is 2.43. The number of hydrogen-bond donors (Lipinski definition) is 0. The van der Waals surface area contributed by atoms with Crippen LogP contribution >= 0.6 is 0 Å². The molecule has 3 aliphatic rings. The van der Waals surface area contributed by atoms with Gasteiger partial charge in [0.1, 0.15) is 0 Å². The van der Waals surface area contributed by atoms with Crippen molar-refractivity contribution in [1.82, 2.24) is 9.80 Å². The molecule has 0 N–H and O–H groups in total. The summed E-state index contributed by atoms with van der Waals surface area (Å²) in [7, 11) is 4.56. The molecule has 2 aromatic rings. The van der Waals surface area contributed by atoms with Crippen LogP contribution in [0.2, 0.25) is 0 Å². The van der Waals surface area contributed by atoms with Crippen molar-refractivity contribution in [2.75, 3.05) is 40.3 Å². The van der Waals surface area contributed by atoms with E-state index < -0.39 is 0 Å². The molecule has 31 heavy (non-hydrogen) atoms. The van der Waals surface area contributed by atoms with Gasteiger partial charge < -0.3 is 9.80 Å². The third-order valence-corrected chi connectivity index (χ3v) is 8.81. The predicted octanol–water partition coefficient (Wildman–Crippen LogP) is 6.20. The molecule has 166 valence electrons. The van der Waals surface area contributed by atoms with Gasteiger partial charge in [0.15, 0.2) is 0 Å². The van der Waals surface area contributed by atoms with Crippen molar-refractivity contribution in [2.45, 2.75) is 56.8 Å². The smallest absolute Gasteiger partial charge is 0.0215 e. The summed E-state index contributed by atoms with van der Waals surface area (Å²) in [5.41, 5.74) is 6.48. The maximum absolute atomic E-state index is 2.51. The van der Waals surface area contributed by atoms with Crippen LogP contribution < -0.4 is 0 Å². The molecule has 2 nitrogen and oxygen atoms in total. The van der Waals surface area contributed by atoms with Crippen LogP contribution in [-0.4, -0.2) is 50.1 Å². The number of nitrogens with zero attached hydrogens (tertiary/aromatic N) is 2. The molecule has 2 aliphatic heterocycles. The zero-order chi connectivity index (χ0) is 21.3. The minimum Gasteiger partial charge on any atom is -0.306 e. The number of hydrogen-bond acceptors (Lipinski definition) is 2. The molecule has 5 rings (SSSR count). The van der Waals surface area contributed by atoms with Gasteiger partial charge in [0.25, 0.3) is 0 Å². The van der Waals surface area contributed by atoms with E-state index in [0.29, 0.717) is 0 Å². The zero-order valence-corrected chi connectivity index (χ0v) is 19.7. The highest BCUT2D eigenvalue weighted by Crippen LogP contribution is 2.54. The van der Waals surface area contributed by atoms with Crippen molar-refractivity contribution in [3.05, 3.63) is 59.7 Å². The van der Waals surface area contributed by atoms with E-state index >= 15 is 0 Å². The predicted molar refractivity (Wildman–Crippen MR) is 132 cm³/mol. The Hall–Kier alpha value is -1.64.